The number of pyridine rings is 5. The monoisotopic (exact) mass is 2650 g/mol. The SMILES string of the molecule is C.CC(C)=O.CCOC(=O)C(=O)CC(C)=O.CCOC(=O)C(=O)OCC.CCOC(=O)c1cc(C)nc2c1c(C)nn2C.CI.Cc1[c-]c(C)c(CN)c(=O)[nH]1.Cc1cc(C(=O)NCc2c(C)[c-]c(C)[nH]c2=O)c2c(C)nn(C)c2n1.Cc1cc(C(=O)O)c2c(C)nn(C)c2n1.Cc1cc(N)n(C)n1.I.[I][V]([I])[I].[I][V][I].[V].[Y].[Y]. The number of rotatable bonds is 13. The van der Waals surface area contributed by atoms with E-state index in [9.17, 15) is 52.7 Å². The van der Waals surface area contributed by atoms with Gasteiger partial charge in [0.15, 0.2) is 28.1 Å². The second kappa shape index (κ2) is 67.2. The summed E-state index contributed by atoms with van der Waals surface area (Å²) in [6.45, 7) is 32.3. The van der Waals surface area contributed by atoms with Gasteiger partial charge in [-0.2, -0.15) is 20.4 Å². The number of halogens is 7. The fraction of sp³-hybridized carbons (Fsp3) is 0.437. The zero-order valence-corrected chi connectivity index (χ0v) is 92.7. The predicted molar refractivity (Wildman–Crippen MR) is 488 cm³/mol. The number of ether oxygens (including phenoxy) is 4. The van der Waals surface area contributed by atoms with Crippen LogP contribution in [0, 0.1) is 88.3 Å². The van der Waals surface area contributed by atoms with Gasteiger partial charge in [-0.05, 0) is 147 Å². The second-order valence-electron chi connectivity index (χ2n) is 22.6. The number of nitrogens with zero attached hydrogens (tertiary/aromatic N) is 11. The Morgan fingerprint density at radius 3 is 1.17 bits per heavy atom. The number of carboxylic acids is 1. The molecule has 9 aromatic rings. The van der Waals surface area contributed by atoms with E-state index >= 15 is 0 Å². The normalized spacial score (nSPS) is 9.38. The Hall–Kier alpha value is -2.37. The van der Waals surface area contributed by atoms with Crippen molar-refractivity contribution in [1.82, 2.24) is 69.4 Å². The molecule has 0 aliphatic rings. The van der Waals surface area contributed by atoms with Crippen LogP contribution in [0.4, 0.5) is 5.82 Å². The molecule has 3 radical (unpaired) electrons. The summed E-state index contributed by atoms with van der Waals surface area (Å²) < 4.78 is 24.7. The third kappa shape index (κ3) is 47.2. The third-order valence-corrected chi connectivity index (χ3v) is 13.4. The number of Topliss-reactive ketones (excluding diaryl/α,β-unsaturated/α-hetero) is 3. The molecule has 0 aromatic carbocycles. The van der Waals surface area contributed by atoms with Crippen LogP contribution in [-0.2, 0) is 187 Å². The molecule has 0 spiro atoms. The average Bonchev–Trinajstić information content (AvgIpc) is 1.66. The molecule has 632 valence electrons. The number of carbonyl (C=O) groups is 9. The second-order valence-corrected chi connectivity index (χ2v) is 69.8. The van der Waals surface area contributed by atoms with E-state index in [-0.39, 0.29) is 200 Å². The maximum absolute atomic E-state index is 12.7. The largest absolute Gasteiger partial charge is 0 e. The van der Waals surface area contributed by atoms with Gasteiger partial charge >= 0.3 is 144 Å². The number of aromatic carboxylic acids is 1. The molecular weight excluding hydrogens is 2550 g/mol. The van der Waals surface area contributed by atoms with Crippen LogP contribution in [-0.4, -0.2) is 154 Å². The van der Waals surface area contributed by atoms with Crippen molar-refractivity contribution in [3.8, 4) is 0 Å². The number of fused-ring (bicyclic) bond motifs is 3. The third-order valence-electron chi connectivity index (χ3n) is 13.4. The molecule has 0 aliphatic heterocycles. The van der Waals surface area contributed by atoms with Crippen LogP contribution in [0.15, 0.2) is 33.9 Å². The molecule has 1 amide bonds. The van der Waals surface area contributed by atoms with E-state index in [4.69, 9.17) is 21.3 Å². The van der Waals surface area contributed by atoms with Crippen molar-refractivity contribution in [3.05, 3.63) is 147 Å². The summed E-state index contributed by atoms with van der Waals surface area (Å²) in [6, 6.07) is 12.9. The minimum Gasteiger partial charge on any atom is 0 e. The molecule has 9 heterocycles. The first-order valence-electron chi connectivity index (χ1n) is 32.7. The maximum Gasteiger partial charge on any atom is 0 e. The van der Waals surface area contributed by atoms with E-state index in [0.717, 1.165) is 56.1 Å². The van der Waals surface area contributed by atoms with Gasteiger partial charge < -0.3 is 55.6 Å². The molecule has 0 bridgehead atoms. The van der Waals surface area contributed by atoms with Crippen LogP contribution in [0.2, 0.25) is 0 Å². The van der Waals surface area contributed by atoms with Crippen molar-refractivity contribution in [2.24, 2.45) is 33.9 Å². The molecule has 8 N–H and O–H groups in total. The summed E-state index contributed by atoms with van der Waals surface area (Å²) in [5.41, 5.74) is 23.3. The first-order valence-corrected chi connectivity index (χ1v) is 57.4. The quantitative estimate of drug-likeness (QED) is 0.0119. The first kappa shape index (κ1) is 126. The topological polar surface area (TPSA) is 451 Å². The van der Waals surface area contributed by atoms with Crippen molar-refractivity contribution in [1.29, 1.82) is 0 Å². The Morgan fingerprint density at radius 2 is 0.878 bits per heavy atom. The number of anilines is 1. The number of H-pyrrole nitrogens is 2. The van der Waals surface area contributed by atoms with Crippen molar-refractivity contribution < 1.29 is 166 Å². The summed E-state index contributed by atoms with van der Waals surface area (Å²) in [7, 11) is 7.82. The number of carbonyl (C=O) groups excluding carboxylic acids is 8. The van der Waals surface area contributed by atoms with Crippen molar-refractivity contribution in [2.75, 3.05) is 37.1 Å². The standard InChI is InChI=1S/C18H20N5O2.C12H15N3O2.C10H11N3O2.C8H11N2O.C7H10O4.C6H10O4.C5H9N3.C3H6O.CH3I.CH4.6HI.3V.2Y/c1-9-6-10(2)21-18(25)14(9)8-19-17(24)13-7-11(3)20-16-15(13)12(4)22-23(16)5;1-5-17-12(16)9-6-7(2)13-11-10(9)8(3)14-15(11)4;1-5-4-7(10(14)15)8-6(2)12-13(3)9(8)11-5;1-5-3-6(2)10-8(11)7(5)4-9;1-3-11-7(10)6(9)4-5(2)8;1-3-9-5(7)6(8)10-4-2;1-4-3-5(6)8(2)7-4;1-3(2)4;1-2;;;;;;;;;;;;/h7H,8H2,1-5H3,(H,19,24)(H,21,25);6H,5H2,1-4H3;4H,1-3H3,(H,14,15);4,9H2,1-2H3,(H,10,11);3-4H2,1-2H3;3-4H2,1-2H3;3H,6H2,1-2H3;1-2H3;1H3;1H4;6*1H;;;;;/q-1;;;-1;;;;;;;;;;;;;;+2;+3;;/p-5. The predicted octanol–water partition coefficient (Wildman–Crippen LogP) is 12.8. The number of aromatic nitrogens is 13. The average molecular weight is 2650 g/mol. The molecule has 44 heteroatoms. The van der Waals surface area contributed by atoms with Gasteiger partial charge in [-0.1, -0.05) is 55.3 Å². The number of alkyl halides is 1. The van der Waals surface area contributed by atoms with Crippen LogP contribution >= 0.6 is 146 Å². The molecule has 0 saturated carbocycles. The van der Waals surface area contributed by atoms with E-state index in [2.05, 4.69) is 199 Å². The first-order chi connectivity index (χ1) is 51.3. The van der Waals surface area contributed by atoms with Gasteiger partial charge in [0.05, 0.1) is 88.5 Å². The number of ketones is 3. The van der Waals surface area contributed by atoms with Crippen molar-refractivity contribution in [3.63, 3.8) is 0 Å². The summed E-state index contributed by atoms with van der Waals surface area (Å²) in [6.07, 6.45) is -0.362. The molecule has 0 unspecified atom stereocenters. The molecule has 9 aromatic heterocycles. The number of aryl methyl sites for hydroxylation is 15. The van der Waals surface area contributed by atoms with E-state index < -0.39 is 29.7 Å². The minimum atomic E-state index is -0.943. The Bertz CT molecular complexity index is 4690. The number of carboxylic acid groups (broad SMARTS) is 1. The van der Waals surface area contributed by atoms with Gasteiger partial charge in [0, 0.05) is 135 Å². The summed E-state index contributed by atoms with van der Waals surface area (Å²) in [5.74, 6) is -4.53. The van der Waals surface area contributed by atoms with Gasteiger partial charge in [0.2, 0.25) is 5.78 Å². The number of hydrogen-bond donors (Lipinski definition) is 6. The molecule has 115 heavy (non-hydrogen) atoms. The summed E-state index contributed by atoms with van der Waals surface area (Å²) >= 11 is 14.3. The Labute approximate surface area is 830 Å². The number of aromatic amines is 2. The van der Waals surface area contributed by atoms with E-state index in [1.54, 1.807) is 106 Å². The number of hydrogen-bond acceptors (Lipinski definition) is 24. The minimum absolute atomic E-state index is 0. The summed E-state index contributed by atoms with van der Waals surface area (Å²) in [5, 5.41) is 30.8. The molecular formula is C71H100I7N16O16V3Y2-2. The number of esters is 4. The Kier molecular flexibility index (Phi) is 73.5. The number of amides is 1. The van der Waals surface area contributed by atoms with Crippen LogP contribution in [0.25, 0.3) is 33.1 Å². The van der Waals surface area contributed by atoms with Crippen LogP contribution in [0.5, 0.6) is 0 Å². The Morgan fingerprint density at radius 1 is 0.557 bits per heavy atom. The zero-order valence-electron chi connectivity index (χ0n) is 67.6. The number of nitrogens with one attached hydrogen (secondary N) is 3. The zero-order chi connectivity index (χ0) is 85.3. The van der Waals surface area contributed by atoms with Gasteiger partial charge in [0.1, 0.15) is 17.4 Å². The van der Waals surface area contributed by atoms with Crippen molar-refractivity contribution in [2.45, 2.75) is 152 Å². The Balaban J connectivity index is -0.000000235. The smallest absolute Gasteiger partial charge is 0 e. The van der Waals surface area contributed by atoms with E-state index in [1.165, 1.54) is 20.8 Å². The number of nitrogen functional groups attached to an aromatic ring is 1. The van der Waals surface area contributed by atoms with Gasteiger partial charge in [0.25, 0.3) is 5.91 Å². The van der Waals surface area contributed by atoms with Gasteiger partial charge in [-0.15, -0.1) is 35.1 Å². The molecule has 0 saturated heterocycles. The van der Waals surface area contributed by atoms with Crippen LogP contribution < -0.4 is 27.9 Å². The van der Waals surface area contributed by atoms with Gasteiger partial charge in [-0.3, -0.25) is 42.7 Å². The van der Waals surface area contributed by atoms with E-state index in [1.807, 2.05) is 73.6 Å². The van der Waals surface area contributed by atoms with Gasteiger partial charge in [-0.25, -0.2) is 62.2 Å². The summed E-state index contributed by atoms with van der Waals surface area (Å²) in [4.78, 5) is 141. The fourth-order valence-electron chi connectivity index (χ4n) is 9.28. The molecule has 0 aliphatic carbocycles. The van der Waals surface area contributed by atoms with Crippen LogP contribution in [0.3, 0.4) is 0 Å². The molecule has 0 fully saturated rings. The van der Waals surface area contributed by atoms with Crippen molar-refractivity contribution >= 4 is 238 Å². The van der Waals surface area contributed by atoms with Crippen LogP contribution in [0.1, 0.15) is 167 Å². The molecule has 0 atom stereocenters. The number of nitrogens with two attached hydrogens (primary N) is 2. The molecule has 9 rings (SSSR count). The maximum atomic E-state index is 12.7. The molecule has 32 nitrogen and oxygen atoms in total. The van der Waals surface area contributed by atoms with E-state index in [0.29, 0.717) is 83.6 Å². The fourth-order valence-corrected chi connectivity index (χ4v) is 9.28.